The number of hydrogen-bond donors (Lipinski definition) is 2. The molecule has 0 amide bonds. The number of carboxylic acid groups (broad SMARTS) is 1. The van der Waals surface area contributed by atoms with Crippen LogP contribution < -0.4 is 5.32 Å². The van der Waals surface area contributed by atoms with Gasteiger partial charge in [-0.05, 0) is 64.3 Å². The zero-order valence-corrected chi connectivity index (χ0v) is 16.8. The van der Waals surface area contributed by atoms with E-state index >= 15 is 0 Å². The number of rotatable bonds is 7. The molecule has 0 saturated heterocycles. The molecule has 1 heterocycles. The molecule has 0 aromatic heterocycles. The zero-order valence-electron chi connectivity index (χ0n) is 16.0. The van der Waals surface area contributed by atoms with E-state index in [-0.39, 0.29) is 21.9 Å². The molecule has 154 valence electrons. The van der Waals surface area contributed by atoms with Crippen LogP contribution in [-0.4, -0.2) is 53.2 Å². The van der Waals surface area contributed by atoms with Crippen LogP contribution in [0.1, 0.15) is 36.9 Å². The van der Waals surface area contributed by atoms with Gasteiger partial charge in [-0.2, -0.15) is 13.2 Å². The maximum atomic E-state index is 13.6. The number of hydrogen-bond acceptors (Lipinski definition) is 3. The van der Waals surface area contributed by atoms with E-state index in [1.54, 1.807) is 4.90 Å². The molecule has 1 aliphatic rings. The zero-order chi connectivity index (χ0) is 21.1. The Hall–Kier alpha value is -2.13. The molecular weight excluding hydrogens is 391 g/mol. The first kappa shape index (κ1) is 22.2. The first-order valence-corrected chi connectivity index (χ1v) is 9.27. The molecule has 1 aromatic rings. The second-order valence-electron chi connectivity index (χ2n) is 6.97. The van der Waals surface area contributed by atoms with Crippen LogP contribution in [0.2, 0.25) is 0 Å². The Balaban J connectivity index is 2.50. The normalized spacial score (nSPS) is 17.9. The predicted octanol–water partition coefficient (Wildman–Crippen LogP) is 3.64. The number of thiocarbonyl (C=S) groups is 1. The van der Waals surface area contributed by atoms with Crippen molar-refractivity contribution in [1.82, 2.24) is 15.1 Å². The molecule has 1 atom stereocenters. The molecule has 0 saturated carbocycles. The van der Waals surface area contributed by atoms with E-state index < -0.39 is 23.8 Å². The number of aliphatic carboxylic acids is 1. The smallest absolute Gasteiger partial charge is 0.416 e. The number of allylic oxidation sites excluding steroid dienone is 1. The van der Waals surface area contributed by atoms with Gasteiger partial charge in [0.15, 0.2) is 5.11 Å². The van der Waals surface area contributed by atoms with Gasteiger partial charge in [0.1, 0.15) is 0 Å². The van der Waals surface area contributed by atoms with Crippen molar-refractivity contribution >= 4 is 23.3 Å². The van der Waals surface area contributed by atoms with Crippen molar-refractivity contribution in [3.63, 3.8) is 0 Å². The van der Waals surface area contributed by atoms with E-state index in [1.165, 1.54) is 25.1 Å². The highest BCUT2D eigenvalue weighted by atomic mass is 32.1. The van der Waals surface area contributed by atoms with Crippen molar-refractivity contribution in [3.8, 4) is 0 Å². The van der Waals surface area contributed by atoms with Crippen LogP contribution in [-0.2, 0) is 11.0 Å². The van der Waals surface area contributed by atoms with Crippen LogP contribution in [0, 0.1) is 0 Å². The van der Waals surface area contributed by atoms with Crippen LogP contribution >= 0.6 is 12.2 Å². The summed E-state index contributed by atoms with van der Waals surface area (Å²) in [5, 5.41) is 12.8. The van der Waals surface area contributed by atoms with E-state index in [0.717, 1.165) is 19.0 Å². The molecule has 2 N–H and O–H groups in total. The maximum Gasteiger partial charge on any atom is 0.416 e. The van der Waals surface area contributed by atoms with E-state index in [1.807, 2.05) is 19.0 Å². The third-order valence-corrected chi connectivity index (χ3v) is 4.93. The van der Waals surface area contributed by atoms with Gasteiger partial charge in [-0.25, -0.2) is 4.79 Å². The van der Waals surface area contributed by atoms with Crippen molar-refractivity contribution < 1.29 is 23.1 Å². The molecule has 0 aliphatic carbocycles. The highest BCUT2D eigenvalue weighted by molar-refractivity contribution is 7.80. The molecule has 0 fully saturated rings. The molecule has 28 heavy (non-hydrogen) atoms. The van der Waals surface area contributed by atoms with Gasteiger partial charge in [-0.3, -0.25) is 0 Å². The average molecular weight is 415 g/mol. The first-order chi connectivity index (χ1) is 13.0. The van der Waals surface area contributed by atoms with E-state index in [9.17, 15) is 23.1 Å². The molecular formula is C19H24F3N3O2S. The van der Waals surface area contributed by atoms with Gasteiger partial charge >= 0.3 is 12.1 Å². The molecule has 0 spiro atoms. The topological polar surface area (TPSA) is 55.8 Å². The fraction of sp³-hybridized carbons (Fsp3) is 0.474. The van der Waals surface area contributed by atoms with Crippen LogP contribution in [0.25, 0.3) is 0 Å². The maximum absolute atomic E-state index is 13.6. The minimum Gasteiger partial charge on any atom is -0.478 e. The van der Waals surface area contributed by atoms with Crippen molar-refractivity contribution in [3.05, 3.63) is 46.7 Å². The second-order valence-corrected chi connectivity index (χ2v) is 7.35. The minimum atomic E-state index is -4.60. The molecule has 9 heteroatoms. The Kier molecular flexibility index (Phi) is 7.06. The molecule has 1 aromatic carbocycles. The van der Waals surface area contributed by atoms with Gasteiger partial charge in [0.05, 0.1) is 17.2 Å². The standard InChI is InChI=1S/C19H24F3N3O2S/c1-12-15(17(26)27)16(13-8-4-5-9-14(13)19(20,21)22)25(18(28)23-12)11-7-6-10-24(2)3/h4-5,8-9,16H,6-7,10-11H2,1-3H3,(H,23,28)(H,26,27). The summed E-state index contributed by atoms with van der Waals surface area (Å²) in [5.74, 6) is -1.27. The number of halogens is 3. The van der Waals surface area contributed by atoms with Gasteiger partial charge in [0, 0.05) is 12.2 Å². The van der Waals surface area contributed by atoms with Crippen molar-refractivity contribution in [2.45, 2.75) is 32.0 Å². The molecule has 5 nitrogen and oxygen atoms in total. The highest BCUT2D eigenvalue weighted by Crippen LogP contribution is 2.41. The largest absolute Gasteiger partial charge is 0.478 e. The molecule has 2 rings (SSSR count). The van der Waals surface area contributed by atoms with Crippen molar-refractivity contribution in [1.29, 1.82) is 0 Å². The number of alkyl halides is 3. The second kappa shape index (κ2) is 8.91. The number of nitrogens with one attached hydrogen (secondary N) is 1. The Morgan fingerprint density at radius 3 is 2.50 bits per heavy atom. The lowest BCUT2D eigenvalue weighted by molar-refractivity contribution is -0.139. The van der Waals surface area contributed by atoms with Gasteiger partial charge < -0.3 is 20.2 Å². The lowest BCUT2D eigenvalue weighted by Crippen LogP contribution is -2.49. The third kappa shape index (κ3) is 5.02. The third-order valence-electron chi connectivity index (χ3n) is 4.59. The fourth-order valence-corrected chi connectivity index (χ4v) is 3.66. The quantitative estimate of drug-likeness (QED) is 0.524. The van der Waals surface area contributed by atoms with Crippen LogP contribution in [0.4, 0.5) is 13.2 Å². The van der Waals surface area contributed by atoms with Gasteiger partial charge in [0.2, 0.25) is 0 Å². The summed E-state index contributed by atoms with van der Waals surface area (Å²) in [4.78, 5) is 15.5. The summed E-state index contributed by atoms with van der Waals surface area (Å²) >= 11 is 5.35. The number of unbranched alkanes of at least 4 members (excludes halogenated alkanes) is 1. The summed E-state index contributed by atoms with van der Waals surface area (Å²) < 4.78 is 40.8. The van der Waals surface area contributed by atoms with Gasteiger partial charge in [-0.15, -0.1) is 0 Å². The van der Waals surface area contributed by atoms with Crippen LogP contribution in [0.5, 0.6) is 0 Å². The molecule has 0 bridgehead atoms. The lowest BCUT2D eigenvalue weighted by atomic mass is 9.90. The Morgan fingerprint density at radius 1 is 1.29 bits per heavy atom. The monoisotopic (exact) mass is 415 g/mol. The number of benzene rings is 1. The predicted molar refractivity (Wildman–Crippen MR) is 105 cm³/mol. The lowest BCUT2D eigenvalue weighted by Gasteiger charge is -2.40. The van der Waals surface area contributed by atoms with E-state index in [2.05, 4.69) is 5.32 Å². The van der Waals surface area contributed by atoms with Crippen molar-refractivity contribution in [2.24, 2.45) is 0 Å². The molecule has 1 aliphatic heterocycles. The number of carboxylic acids is 1. The highest BCUT2D eigenvalue weighted by Gasteiger charge is 2.41. The minimum absolute atomic E-state index is 0.108. The number of carbonyl (C=O) groups is 1. The van der Waals surface area contributed by atoms with Crippen molar-refractivity contribution in [2.75, 3.05) is 27.2 Å². The summed E-state index contributed by atoms with van der Waals surface area (Å²) in [6.45, 7) is 2.68. The van der Waals surface area contributed by atoms with E-state index in [4.69, 9.17) is 12.2 Å². The Morgan fingerprint density at radius 2 is 1.93 bits per heavy atom. The fourth-order valence-electron chi connectivity index (χ4n) is 3.31. The van der Waals surface area contributed by atoms with Gasteiger partial charge in [-0.1, -0.05) is 18.2 Å². The SMILES string of the molecule is CC1=C(C(=O)O)C(c2ccccc2C(F)(F)F)N(CCCCN(C)C)C(=S)N1. The Labute approximate surface area is 167 Å². The Bertz CT molecular complexity index is 778. The summed E-state index contributed by atoms with van der Waals surface area (Å²) in [7, 11) is 3.87. The summed E-state index contributed by atoms with van der Waals surface area (Å²) in [5.41, 5.74) is -0.834. The molecule has 0 radical (unpaired) electrons. The molecule has 1 unspecified atom stereocenters. The number of nitrogens with zero attached hydrogens (tertiary/aromatic N) is 2. The first-order valence-electron chi connectivity index (χ1n) is 8.86. The van der Waals surface area contributed by atoms with E-state index in [0.29, 0.717) is 13.0 Å². The average Bonchev–Trinajstić information content (AvgIpc) is 2.58. The van der Waals surface area contributed by atoms with Gasteiger partial charge in [0.25, 0.3) is 0 Å². The van der Waals surface area contributed by atoms with Crippen LogP contribution in [0.3, 0.4) is 0 Å². The summed E-state index contributed by atoms with van der Waals surface area (Å²) in [6.07, 6.45) is -3.13. The summed E-state index contributed by atoms with van der Waals surface area (Å²) in [6, 6.07) is 3.96. The van der Waals surface area contributed by atoms with Crippen LogP contribution in [0.15, 0.2) is 35.5 Å².